The van der Waals surface area contributed by atoms with Crippen LogP contribution in [-0.2, 0) is 4.79 Å². The van der Waals surface area contributed by atoms with Gasteiger partial charge in [-0.2, -0.15) is 0 Å². The number of hydrogen-bond donors (Lipinski definition) is 3. The second kappa shape index (κ2) is 15.0. The normalized spacial score (nSPS) is 14.3. The first-order valence-electron chi connectivity index (χ1n) is 8.79. The van der Waals surface area contributed by atoms with E-state index in [1.165, 1.54) is 19.3 Å². The van der Waals surface area contributed by atoms with Crippen LogP contribution in [0.2, 0.25) is 0 Å². The predicted octanol–water partition coefficient (Wildman–Crippen LogP) is 4.05. The molecule has 3 N–H and O–H groups in total. The molecular formula is C18H34O4. The molecule has 4 heteroatoms. The van der Waals surface area contributed by atoms with Crippen LogP contribution in [0, 0.1) is 0 Å². The fourth-order valence-corrected chi connectivity index (χ4v) is 2.42. The first-order chi connectivity index (χ1) is 10.6. The molecule has 0 aliphatic rings. The highest BCUT2D eigenvalue weighted by Gasteiger charge is 2.08. The first kappa shape index (κ1) is 21.1. The molecule has 0 aliphatic carbocycles. The zero-order chi connectivity index (χ0) is 16.6. The molecule has 0 heterocycles. The molecule has 0 spiro atoms. The highest BCUT2D eigenvalue weighted by atomic mass is 16.4. The van der Waals surface area contributed by atoms with E-state index in [1.807, 2.05) is 0 Å². The summed E-state index contributed by atoms with van der Waals surface area (Å²) in [5.74, 6) is -0.941. The van der Waals surface area contributed by atoms with Crippen molar-refractivity contribution in [1.82, 2.24) is 0 Å². The Bertz CT molecular complexity index is 289. The van der Waals surface area contributed by atoms with E-state index in [-0.39, 0.29) is 12.5 Å². The molecule has 0 fully saturated rings. The predicted molar refractivity (Wildman–Crippen MR) is 89.9 cm³/mol. The van der Waals surface area contributed by atoms with Gasteiger partial charge >= 0.3 is 5.97 Å². The van der Waals surface area contributed by atoms with Gasteiger partial charge in [0.15, 0.2) is 0 Å². The summed E-state index contributed by atoms with van der Waals surface area (Å²) in [5.41, 5.74) is 0. The molecule has 0 radical (unpaired) electrons. The van der Waals surface area contributed by atoms with Crippen molar-refractivity contribution in [2.75, 3.05) is 0 Å². The minimum absolute atomic E-state index is 0.157. The number of carboxylic acid groups (broad SMARTS) is 1. The molecule has 0 aliphatic heterocycles. The molecule has 0 bridgehead atoms. The number of carboxylic acids is 1. The van der Waals surface area contributed by atoms with Crippen LogP contribution in [0.15, 0.2) is 12.2 Å². The number of aliphatic hydroxyl groups is 2. The summed E-state index contributed by atoms with van der Waals surface area (Å²) in [6.45, 7) is 2.19. The minimum Gasteiger partial charge on any atom is -0.481 e. The molecule has 0 saturated carbocycles. The standard InChI is InChI=1S/C18H34O4/c1-2-3-4-9-12-16(19)13-10-7-5-6-8-11-14-17(20)15-18(21)22/h7,10,16-17,19-20H,2-6,8-9,11-15H2,1H3,(H,21,22)/b10-7-. The van der Waals surface area contributed by atoms with E-state index in [0.717, 1.165) is 44.9 Å². The Morgan fingerprint density at radius 3 is 2.18 bits per heavy atom. The molecule has 0 rings (SSSR count). The number of aliphatic carboxylic acids is 1. The molecule has 22 heavy (non-hydrogen) atoms. The largest absolute Gasteiger partial charge is 0.481 e. The molecule has 2 unspecified atom stereocenters. The Morgan fingerprint density at radius 1 is 0.909 bits per heavy atom. The fourth-order valence-electron chi connectivity index (χ4n) is 2.42. The highest BCUT2D eigenvalue weighted by molar-refractivity contribution is 5.67. The zero-order valence-corrected chi connectivity index (χ0v) is 14.0. The Morgan fingerprint density at radius 2 is 1.55 bits per heavy atom. The topological polar surface area (TPSA) is 77.8 Å². The van der Waals surface area contributed by atoms with Gasteiger partial charge in [-0.25, -0.2) is 0 Å². The Balaban J connectivity index is 3.38. The second-order valence-corrected chi connectivity index (χ2v) is 6.10. The van der Waals surface area contributed by atoms with Gasteiger partial charge in [-0.05, 0) is 32.1 Å². The average Bonchev–Trinajstić information content (AvgIpc) is 2.45. The summed E-state index contributed by atoms with van der Waals surface area (Å²) in [5, 5.41) is 27.7. The maximum atomic E-state index is 10.4. The summed E-state index contributed by atoms with van der Waals surface area (Å²) in [4.78, 5) is 10.4. The summed E-state index contributed by atoms with van der Waals surface area (Å²) in [6.07, 6.45) is 14.0. The van der Waals surface area contributed by atoms with Crippen molar-refractivity contribution in [3.05, 3.63) is 12.2 Å². The van der Waals surface area contributed by atoms with Crippen LogP contribution in [0.25, 0.3) is 0 Å². The van der Waals surface area contributed by atoms with Gasteiger partial charge < -0.3 is 15.3 Å². The smallest absolute Gasteiger partial charge is 0.305 e. The van der Waals surface area contributed by atoms with Crippen molar-refractivity contribution in [1.29, 1.82) is 0 Å². The molecule has 0 aromatic rings. The maximum Gasteiger partial charge on any atom is 0.305 e. The van der Waals surface area contributed by atoms with Gasteiger partial charge in [0, 0.05) is 0 Å². The van der Waals surface area contributed by atoms with Crippen molar-refractivity contribution in [3.8, 4) is 0 Å². The van der Waals surface area contributed by atoms with Gasteiger partial charge in [0.2, 0.25) is 0 Å². The molecule has 0 aromatic carbocycles. The zero-order valence-electron chi connectivity index (χ0n) is 14.0. The van der Waals surface area contributed by atoms with E-state index >= 15 is 0 Å². The third-order valence-electron chi connectivity index (χ3n) is 3.78. The van der Waals surface area contributed by atoms with Gasteiger partial charge in [0.05, 0.1) is 18.6 Å². The monoisotopic (exact) mass is 314 g/mol. The van der Waals surface area contributed by atoms with Crippen LogP contribution in [0.1, 0.15) is 84.0 Å². The Kier molecular flexibility index (Phi) is 14.4. The lowest BCUT2D eigenvalue weighted by Gasteiger charge is -2.07. The number of hydrogen-bond acceptors (Lipinski definition) is 3. The quantitative estimate of drug-likeness (QED) is 0.315. The maximum absolute atomic E-state index is 10.4. The number of carbonyl (C=O) groups is 1. The number of rotatable bonds is 15. The average molecular weight is 314 g/mol. The van der Waals surface area contributed by atoms with Gasteiger partial charge in [-0.1, -0.05) is 57.6 Å². The molecule has 0 aromatic heterocycles. The van der Waals surface area contributed by atoms with E-state index in [9.17, 15) is 15.0 Å². The van der Waals surface area contributed by atoms with Crippen LogP contribution in [0.3, 0.4) is 0 Å². The van der Waals surface area contributed by atoms with Crippen molar-refractivity contribution >= 4 is 5.97 Å². The molecule has 0 amide bonds. The van der Waals surface area contributed by atoms with Crippen LogP contribution >= 0.6 is 0 Å². The second-order valence-electron chi connectivity index (χ2n) is 6.10. The molecule has 2 atom stereocenters. The van der Waals surface area contributed by atoms with Gasteiger partial charge in [0.25, 0.3) is 0 Å². The summed E-state index contributed by atoms with van der Waals surface area (Å²) < 4.78 is 0. The lowest BCUT2D eigenvalue weighted by molar-refractivity contribution is -0.139. The molecule has 130 valence electrons. The summed E-state index contributed by atoms with van der Waals surface area (Å²) >= 11 is 0. The van der Waals surface area contributed by atoms with Gasteiger partial charge in [-0.15, -0.1) is 0 Å². The summed E-state index contributed by atoms with van der Waals surface area (Å²) in [7, 11) is 0. The number of unbranched alkanes of at least 4 members (excludes halogenated alkanes) is 6. The van der Waals surface area contributed by atoms with E-state index in [0.29, 0.717) is 6.42 Å². The van der Waals surface area contributed by atoms with Crippen molar-refractivity contribution in [2.45, 2.75) is 96.2 Å². The van der Waals surface area contributed by atoms with Gasteiger partial charge in [0.1, 0.15) is 0 Å². The van der Waals surface area contributed by atoms with Crippen LogP contribution in [-0.4, -0.2) is 33.5 Å². The SMILES string of the molecule is CCCCCCC(O)C/C=C\CCCCCC(O)CC(=O)O. The molecule has 0 saturated heterocycles. The van der Waals surface area contributed by atoms with Crippen molar-refractivity contribution < 1.29 is 20.1 Å². The number of aliphatic hydroxyl groups excluding tert-OH is 2. The van der Waals surface area contributed by atoms with Crippen molar-refractivity contribution in [3.63, 3.8) is 0 Å². The van der Waals surface area contributed by atoms with E-state index in [4.69, 9.17) is 5.11 Å². The Hall–Kier alpha value is -0.870. The lowest BCUT2D eigenvalue weighted by atomic mass is 10.1. The fraction of sp³-hybridized carbons (Fsp3) is 0.833. The molecule has 4 nitrogen and oxygen atoms in total. The van der Waals surface area contributed by atoms with Crippen LogP contribution in [0.4, 0.5) is 0 Å². The van der Waals surface area contributed by atoms with Gasteiger partial charge in [-0.3, -0.25) is 4.79 Å². The highest BCUT2D eigenvalue weighted by Crippen LogP contribution is 2.10. The molecular weight excluding hydrogens is 280 g/mol. The van der Waals surface area contributed by atoms with E-state index in [2.05, 4.69) is 19.1 Å². The Labute approximate surface area is 135 Å². The van der Waals surface area contributed by atoms with Crippen molar-refractivity contribution in [2.24, 2.45) is 0 Å². The summed E-state index contributed by atoms with van der Waals surface area (Å²) in [6, 6.07) is 0. The van der Waals surface area contributed by atoms with Crippen LogP contribution in [0.5, 0.6) is 0 Å². The van der Waals surface area contributed by atoms with E-state index in [1.54, 1.807) is 0 Å². The number of allylic oxidation sites excluding steroid dienone is 1. The third-order valence-corrected chi connectivity index (χ3v) is 3.78. The third kappa shape index (κ3) is 15.5. The van der Waals surface area contributed by atoms with E-state index < -0.39 is 12.1 Å². The van der Waals surface area contributed by atoms with Crippen LogP contribution < -0.4 is 0 Å². The first-order valence-corrected chi connectivity index (χ1v) is 8.79. The minimum atomic E-state index is -0.941. The lowest BCUT2D eigenvalue weighted by Crippen LogP contribution is -2.12.